The van der Waals surface area contributed by atoms with Crippen molar-refractivity contribution in [3.8, 4) is 17.1 Å². The molecule has 4 rings (SSSR count). The van der Waals surface area contributed by atoms with Crippen LogP contribution in [0.25, 0.3) is 17.1 Å². The molecule has 0 bridgehead atoms. The predicted molar refractivity (Wildman–Crippen MR) is 117 cm³/mol. The molecule has 0 aliphatic rings. The van der Waals surface area contributed by atoms with E-state index in [1.807, 2.05) is 66.1 Å². The van der Waals surface area contributed by atoms with E-state index in [-0.39, 0.29) is 17.3 Å². The highest BCUT2D eigenvalue weighted by Crippen LogP contribution is 2.28. The van der Waals surface area contributed by atoms with Crippen LogP contribution in [-0.2, 0) is 4.79 Å². The Hall–Kier alpha value is -3.45. The number of aromatic nitrogens is 3. The fourth-order valence-corrected chi connectivity index (χ4v) is 3.70. The minimum Gasteiger partial charge on any atom is -0.323 e. The Morgan fingerprint density at radius 3 is 2.40 bits per heavy atom. The molecule has 0 saturated carbocycles. The van der Waals surface area contributed by atoms with Crippen molar-refractivity contribution in [3.05, 3.63) is 90.2 Å². The molecule has 4 aromatic rings. The van der Waals surface area contributed by atoms with Crippen LogP contribution in [0.3, 0.4) is 0 Å². The van der Waals surface area contributed by atoms with E-state index >= 15 is 0 Å². The van der Waals surface area contributed by atoms with Gasteiger partial charge in [0.25, 0.3) is 0 Å². The van der Waals surface area contributed by atoms with Crippen molar-refractivity contribution in [1.29, 1.82) is 0 Å². The summed E-state index contributed by atoms with van der Waals surface area (Å²) in [4.78, 5) is 12.4. The van der Waals surface area contributed by atoms with Crippen LogP contribution in [0.2, 0.25) is 0 Å². The maximum absolute atomic E-state index is 13.8. The number of amides is 1. The van der Waals surface area contributed by atoms with Gasteiger partial charge in [-0.25, -0.2) is 4.39 Å². The molecule has 0 aliphatic carbocycles. The first-order chi connectivity index (χ1) is 14.6. The molecule has 0 radical (unpaired) electrons. The zero-order chi connectivity index (χ0) is 20.9. The number of halogens is 1. The van der Waals surface area contributed by atoms with Gasteiger partial charge in [-0.05, 0) is 31.2 Å². The van der Waals surface area contributed by atoms with Crippen molar-refractivity contribution in [2.24, 2.45) is 0 Å². The second-order valence-corrected chi connectivity index (χ2v) is 7.60. The summed E-state index contributed by atoms with van der Waals surface area (Å²) in [5, 5.41) is 11.8. The molecule has 0 spiro atoms. The number of rotatable bonds is 6. The SMILES string of the molecule is Cc1ccc(-n2c(SCC(=O)Nc3ccccc3F)nnc2-c2ccccc2)cc1. The molecule has 7 heteroatoms. The lowest BCUT2D eigenvalue weighted by Gasteiger charge is -2.11. The number of thioether (sulfide) groups is 1. The number of nitrogens with one attached hydrogen (secondary N) is 1. The first-order valence-electron chi connectivity index (χ1n) is 9.37. The number of nitrogens with zero attached hydrogens (tertiary/aromatic N) is 3. The first-order valence-corrected chi connectivity index (χ1v) is 10.4. The molecule has 0 atom stereocenters. The quantitative estimate of drug-likeness (QED) is 0.442. The molecule has 150 valence electrons. The standard InChI is InChI=1S/C23H19FN4OS/c1-16-11-13-18(14-12-16)28-22(17-7-3-2-4-8-17)26-27-23(28)30-15-21(29)25-20-10-6-5-9-19(20)24/h2-14H,15H2,1H3,(H,25,29). The van der Waals surface area contributed by atoms with Crippen molar-refractivity contribution < 1.29 is 9.18 Å². The number of anilines is 1. The number of hydrogen-bond acceptors (Lipinski definition) is 4. The van der Waals surface area contributed by atoms with E-state index in [0.29, 0.717) is 11.0 Å². The van der Waals surface area contributed by atoms with Gasteiger partial charge in [0.2, 0.25) is 5.91 Å². The minimum atomic E-state index is -0.468. The average molecular weight is 418 g/mol. The van der Waals surface area contributed by atoms with Crippen LogP contribution in [0.15, 0.2) is 84.0 Å². The van der Waals surface area contributed by atoms with Crippen molar-refractivity contribution in [1.82, 2.24) is 14.8 Å². The first kappa shape index (κ1) is 19.8. The lowest BCUT2D eigenvalue weighted by molar-refractivity contribution is -0.113. The molecule has 1 amide bonds. The van der Waals surface area contributed by atoms with Crippen LogP contribution in [0.5, 0.6) is 0 Å². The Bertz CT molecular complexity index is 1160. The number of benzene rings is 3. The highest BCUT2D eigenvalue weighted by Gasteiger charge is 2.17. The van der Waals surface area contributed by atoms with Crippen molar-refractivity contribution in [2.45, 2.75) is 12.1 Å². The largest absolute Gasteiger partial charge is 0.323 e. The van der Waals surface area contributed by atoms with E-state index in [4.69, 9.17) is 0 Å². The summed E-state index contributed by atoms with van der Waals surface area (Å²) in [6.45, 7) is 2.02. The summed E-state index contributed by atoms with van der Waals surface area (Å²) in [6, 6.07) is 23.9. The summed E-state index contributed by atoms with van der Waals surface area (Å²) < 4.78 is 15.7. The van der Waals surface area contributed by atoms with Crippen LogP contribution in [0.4, 0.5) is 10.1 Å². The van der Waals surface area contributed by atoms with Crippen LogP contribution in [0, 0.1) is 12.7 Å². The predicted octanol–water partition coefficient (Wildman–Crippen LogP) is 5.11. The number of para-hydroxylation sites is 1. The Labute approximate surface area is 178 Å². The summed E-state index contributed by atoms with van der Waals surface area (Å²) in [7, 11) is 0. The molecule has 1 N–H and O–H groups in total. The van der Waals surface area contributed by atoms with E-state index in [1.165, 1.54) is 23.9 Å². The van der Waals surface area contributed by atoms with Crippen molar-refractivity contribution >= 4 is 23.4 Å². The molecular weight excluding hydrogens is 399 g/mol. The second-order valence-electron chi connectivity index (χ2n) is 6.66. The fraction of sp³-hybridized carbons (Fsp3) is 0.0870. The zero-order valence-corrected chi connectivity index (χ0v) is 17.1. The van der Waals surface area contributed by atoms with Gasteiger partial charge in [-0.15, -0.1) is 10.2 Å². The number of hydrogen-bond donors (Lipinski definition) is 1. The van der Waals surface area contributed by atoms with Gasteiger partial charge in [0, 0.05) is 11.3 Å². The Kier molecular flexibility index (Phi) is 5.90. The molecule has 3 aromatic carbocycles. The molecule has 5 nitrogen and oxygen atoms in total. The summed E-state index contributed by atoms with van der Waals surface area (Å²) >= 11 is 1.25. The third kappa shape index (κ3) is 4.41. The minimum absolute atomic E-state index is 0.0765. The van der Waals surface area contributed by atoms with E-state index in [9.17, 15) is 9.18 Å². The van der Waals surface area contributed by atoms with E-state index < -0.39 is 5.82 Å². The Morgan fingerprint density at radius 2 is 1.67 bits per heavy atom. The zero-order valence-electron chi connectivity index (χ0n) is 16.2. The van der Waals surface area contributed by atoms with Crippen LogP contribution in [0.1, 0.15) is 5.56 Å². The Morgan fingerprint density at radius 1 is 0.967 bits per heavy atom. The van der Waals surface area contributed by atoms with Crippen LogP contribution >= 0.6 is 11.8 Å². The van der Waals surface area contributed by atoms with Gasteiger partial charge in [0.15, 0.2) is 11.0 Å². The molecule has 1 heterocycles. The van der Waals surface area contributed by atoms with Gasteiger partial charge in [-0.2, -0.15) is 0 Å². The highest BCUT2D eigenvalue weighted by molar-refractivity contribution is 7.99. The fourth-order valence-electron chi connectivity index (χ4n) is 2.94. The maximum atomic E-state index is 13.8. The van der Waals surface area contributed by atoms with E-state index in [1.54, 1.807) is 12.1 Å². The second kappa shape index (κ2) is 8.92. The van der Waals surface area contributed by atoms with Gasteiger partial charge in [-0.1, -0.05) is 71.9 Å². The molecule has 30 heavy (non-hydrogen) atoms. The summed E-state index contributed by atoms with van der Waals surface area (Å²) in [6.07, 6.45) is 0. The van der Waals surface area contributed by atoms with Gasteiger partial charge in [0.05, 0.1) is 11.4 Å². The number of carbonyl (C=O) groups excluding carboxylic acids is 1. The lowest BCUT2D eigenvalue weighted by atomic mass is 10.2. The number of carbonyl (C=O) groups is 1. The third-order valence-electron chi connectivity index (χ3n) is 4.44. The van der Waals surface area contributed by atoms with Crippen molar-refractivity contribution in [2.75, 3.05) is 11.1 Å². The van der Waals surface area contributed by atoms with Gasteiger partial charge >= 0.3 is 0 Å². The molecular formula is C23H19FN4OS. The summed E-state index contributed by atoms with van der Waals surface area (Å²) in [5.74, 6) is -0.0149. The smallest absolute Gasteiger partial charge is 0.234 e. The van der Waals surface area contributed by atoms with Gasteiger partial charge < -0.3 is 5.32 Å². The molecule has 1 aromatic heterocycles. The van der Waals surface area contributed by atoms with Gasteiger partial charge in [-0.3, -0.25) is 9.36 Å². The van der Waals surface area contributed by atoms with Crippen LogP contribution < -0.4 is 5.32 Å². The van der Waals surface area contributed by atoms with Crippen LogP contribution in [-0.4, -0.2) is 26.4 Å². The number of aryl methyl sites for hydroxylation is 1. The van der Waals surface area contributed by atoms with Crippen molar-refractivity contribution in [3.63, 3.8) is 0 Å². The lowest BCUT2D eigenvalue weighted by Crippen LogP contribution is -2.15. The molecule has 0 aliphatic heterocycles. The highest BCUT2D eigenvalue weighted by atomic mass is 32.2. The van der Waals surface area contributed by atoms with Gasteiger partial charge in [0.1, 0.15) is 5.82 Å². The third-order valence-corrected chi connectivity index (χ3v) is 5.37. The topological polar surface area (TPSA) is 59.8 Å². The molecule has 0 saturated heterocycles. The average Bonchev–Trinajstić information content (AvgIpc) is 3.19. The summed E-state index contributed by atoms with van der Waals surface area (Å²) in [5.41, 5.74) is 3.13. The molecule has 0 unspecified atom stereocenters. The maximum Gasteiger partial charge on any atom is 0.234 e. The molecule has 0 fully saturated rings. The normalized spacial score (nSPS) is 10.7. The Balaban J connectivity index is 1.60. The van der Waals surface area contributed by atoms with E-state index in [2.05, 4.69) is 15.5 Å². The monoisotopic (exact) mass is 418 g/mol. The van der Waals surface area contributed by atoms with E-state index in [0.717, 1.165) is 16.8 Å².